The number of nitrogens with one attached hydrogen (secondary N) is 1. The van der Waals surface area contributed by atoms with Crippen molar-refractivity contribution in [2.24, 2.45) is 5.92 Å². The second kappa shape index (κ2) is 6.98. The number of benzene rings is 3. The fraction of sp³-hybridized carbons (Fsp3) is 0.227. The van der Waals surface area contributed by atoms with Crippen molar-refractivity contribution in [2.45, 2.75) is 26.8 Å². The second-order valence-electron chi connectivity index (χ2n) is 6.73. The maximum absolute atomic E-state index is 12.4. The first-order chi connectivity index (χ1) is 12.0. The van der Waals surface area contributed by atoms with Crippen LogP contribution in [-0.4, -0.2) is 11.0 Å². The van der Waals surface area contributed by atoms with Crippen molar-refractivity contribution in [3.05, 3.63) is 77.4 Å². The first-order valence-electron chi connectivity index (χ1n) is 8.55. The van der Waals surface area contributed by atoms with Gasteiger partial charge in [-0.3, -0.25) is 4.79 Å². The highest BCUT2D eigenvalue weighted by Crippen LogP contribution is 2.36. The van der Waals surface area contributed by atoms with Crippen molar-refractivity contribution in [1.82, 2.24) is 5.32 Å². The van der Waals surface area contributed by atoms with Crippen molar-refractivity contribution >= 4 is 16.7 Å². The summed E-state index contributed by atoms with van der Waals surface area (Å²) in [5, 5.41) is 15.7. The Morgan fingerprint density at radius 3 is 2.32 bits per heavy atom. The van der Waals surface area contributed by atoms with Gasteiger partial charge in [-0.2, -0.15) is 0 Å². The van der Waals surface area contributed by atoms with E-state index in [2.05, 4.69) is 5.32 Å². The molecule has 0 aliphatic carbocycles. The minimum absolute atomic E-state index is 0.0436. The number of aromatic hydroxyl groups is 1. The Kier molecular flexibility index (Phi) is 4.75. The quantitative estimate of drug-likeness (QED) is 0.726. The Hall–Kier alpha value is -2.81. The molecule has 0 aromatic heterocycles. The fourth-order valence-electron chi connectivity index (χ4n) is 2.98. The highest BCUT2D eigenvalue weighted by atomic mass is 16.3. The largest absolute Gasteiger partial charge is 0.508 e. The van der Waals surface area contributed by atoms with Crippen LogP contribution >= 0.6 is 0 Å². The number of phenols is 1. The molecular weight excluding hydrogens is 310 g/mol. The van der Waals surface area contributed by atoms with Crippen molar-refractivity contribution in [2.75, 3.05) is 0 Å². The monoisotopic (exact) mass is 333 g/mol. The van der Waals surface area contributed by atoms with Crippen LogP contribution in [0.3, 0.4) is 0 Å². The summed E-state index contributed by atoms with van der Waals surface area (Å²) < 4.78 is 0. The predicted molar refractivity (Wildman–Crippen MR) is 102 cm³/mol. The summed E-state index contributed by atoms with van der Waals surface area (Å²) >= 11 is 0. The Morgan fingerprint density at radius 1 is 0.960 bits per heavy atom. The van der Waals surface area contributed by atoms with Crippen LogP contribution in [-0.2, 0) is 4.79 Å². The molecule has 0 aliphatic heterocycles. The molecule has 0 unspecified atom stereocenters. The number of fused-ring (bicyclic) bond motifs is 1. The molecule has 25 heavy (non-hydrogen) atoms. The van der Waals surface area contributed by atoms with Gasteiger partial charge in [-0.05, 0) is 29.3 Å². The number of phenolic OH excluding ortho intramolecular Hbond substituents is 1. The zero-order valence-corrected chi connectivity index (χ0v) is 14.8. The zero-order chi connectivity index (χ0) is 18.0. The number of amides is 1. The molecule has 0 saturated carbocycles. The molecule has 3 heteroatoms. The van der Waals surface area contributed by atoms with E-state index in [1.54, 1.807) is 6.07 Å². The molecule has 0 aliphatic rings. The summed E-state index contributed by atoms with van der Waals surface area (Å²) in [6, 6.07) is 19.1. The Bertz CT molecular complexity index is 898. The molecule has 0 saturated heterocycles. The maximum atomic E-state index is 12.4. The smallest absolute Gasteiger partial charge is 0.223 e. The molecule has 0 radical (unpaired) electrons. The summed E-state index contributed by atoms with van der Waals surface area (Å²) in [6.45, 7) is 5.76. The van der Waals surface area contributed by atoms with Gasteiger partial charge in [0.15, 0.2) is 0 Å². The van der Waals surface area contributed by atoms with Crippen molar-refractivity contribution in [1.29, 1.82) is 0 Å². The summed E-state index contributed by atoms with van der Waals surface area (Å²) in [4.78, 5) is 12.4. The van der Waals surface area contributed by atoms with E-state index in [0.717, 1.165) is 27.5 Å². The molecule has 0 heterocycles. The van der Waals surface area contributed by atoms with Crippen LogP contribution in [0, 0.1) is 12.8 Å². The lowest BCUT2D eigenvalue weighted by Crippen LogP contribution is -2.32. The second-order valence-corrected chi connectivity index (χ2v) is 6.73. The van der Waals surface area contributed by atoms with Gasteiger partial charge in [0, 0.05) is 11.5 Å². The average molecular weight is 333 g/mol. The molecule has 3 aromatic rings. The van der Waals surface area contributed by atoms with E-state index in [-0.39, 0.29) is 17.6 Å². The highest BCUT2D eigenvalue weighted by molar-refractivity contribution is 5.89. The number of rotatable bonds is 4. The molecule has 3 nitrogen and oxygen atoms in total. The molecule has 128 valence electrons. The van der Waals surface area contributed by atoms with E-state index < -0.39 is 6.04 Å². The number of carbonyl (C=O) groups is 1. The number of hydrogen-bond acceptors (Lipinski definition) is 2. The third-order valence-corrected chi connectivity index (χ3v) is 4.46. The molecule has 1 amide bonds. The molecule has 0 spiro atoms. The van der Waals surface area contributed by atoms with Gasteiger partial charge in [0.25, 0.3) is 0 Å². The van der Waals surface area contributed by atoms with Gasteiger partial charge < -0.3 is 10.4 Å². The average Bonchev–Trinajstić information content (AvgIpc) is 2.60. The number of carbonyl (C=O) groups excluding carboxylic acids is 1. The predicted octanol–water partition coefficient (Wildman–Crippen LogP) is 4.72. The standard InChI is InChI=1S/C22H23NO2/c1-14(2)22(25)23-21(17-10-8-15(3)9-11-17)20-18-7-5-4-6-16(18)12-13-19(20)24/h4-14,21,24H,1-3H3,(H,23,25)/t21-/m1/s1. The van der Waals surface area contributed by atoms with Crippen LogP contribution in [0.5, 0.6) is 5.75 Å². The van der Waals surface area contributed by atoms with Gasteiger partial charge in [0.1, 0.15) is 5.75 Å². The van der Waals surface area contributed by atoms with E-state index in [0.29, 0.717) is 0 Å². The molecule has 3 aromatic carbocycles. The van der Waals surface area contributed by atoms with Crippen LogP contribution in [0.25, 0.3) is 10.8 Å². The summed E-state index contributed by atoms with van der Waals surface area (Å²) in [5.74, 6) is 0.0105. The minimum Gasteiger partial charge on any atom is -0.508 e. The highest BCUT2D eigenvalue weighted by Gasteiger charge is 2.23. The number of hydrogen-bond donors (Lipinski definition) is 2. The van der Waals surface area contributed by atoms with Crippen molar-refractivity contribution in [3.8, 4) is 5.75 Å². The molecule has 2 N–H and O–H groups in total. The van der Waals surface area contributed by atoms with Gasteiger partial charge in [-0.15, -0.1) is 0 Å². The van der Waals surface area contributed by atoms with Crippen LogP contribution in [0.1, 0.15) is 36.6 Å². The minimum atomic E-state index is -0.401. The van der Waals surface area contributed by atoms with E-state index >= 15 is 0 Å². The van der Waals surface area contributed by atoms with Crippen molar-refractivity contribution < 1.29 is 9.90 Å². The van der Waals surface area contributed by atoms with E-state index in [4.69, 9.17) is 0 Å². The lowest BCUT2D eigenvalue weighted by atomic mass is 9.92. The molecule has 1 atom stereocenters. The summed E-state index contributed by atoms with van der Waals surface area (Å²) in [6.07, 6.45) is 0. The van der Waals surface area contributed by atoms with Crippen LogP contribution in [0.2, 0.25) is 0 Å². The Balaban J connectivity index is 2.19. The van der Waals surface area contributed by atoms with Gasteiger partial charge in [-0.1, -0.05) is 74.0 Å². The molecular formula is C22H23NO2. The first-order valence-corrected chi connectivity index (χ1v) is 8.55. The lowest BCUT2D eigenvalue weighted by Gasteiger charge is -2.23. The van der Waals surface area contributed by atoms with E-state index in [1.807, 2.05) is 75.4 Å². The Labute approximate surface area is 148 Å². The lowest BCUT2D eigenvalue weighted by molar-refractivity contribution is -0.124. The Morgan fingerprint density at radius 2 is 1.64 bits per heavy atom. The summed E-state index contributed by atoms with van der Waals surface area (Å²) in [5.41, 5.74) is 2.84. The fourth-order valence-corrected chi connectivity index (χ4v) is 2.98. The van der Waals surface area contributed by atoms with Crippen LogP contribution in [0.15, 0.2) is 60.7 Å². The molecule has 3 rings (SSSR count). The summed E-state index contributed by atoms with van der Waals surface area (Å²) in [7, 11) is 0. The van der Waals surface area contributed by atoms with Gasteiger partial charge in [0.05, 0.1) is 6.04 Å². The van der Waals surface area contributed by atoms with E-state index in [9.17, 15) is 9.90 Å². The van der Waals surface area contributed by atoms with Crippen LogP contribution < -0.4 is 5.32 Å². The third-order valence-electron chi connectivity index (χ3n) is 4.46. The van der Waals surface area contributed by atoms with Crippen LogP contribution in [0.4, 0.5) is 0 Å². The maximum Gasteiger partial charge on any atom is 0.223 e. The van der Waals surface area contributed by atoms with E-state index in [1.165, 1.54) is 0 Å². The normalized spacial score (nSPS) is 12.3. The molecule has 0 fully saturated rings. The SMILES string of the molecule is Cc1ccc([C@@H](NC(=O)C(C)C)c2c(O)ccc3ccccc23)cc1. The van der Waals surface area contributed by atoms with Gasteiger partial charge in [0.2, 0.25) is 5.91 Å². The van der Waals surface area contributed by atoms with Crippen molar-refractivity contribution in [3.63, 3.8) is 0 Å². The number of aryl methyl sites for hydroxylation is 1. The first kappa shape index (κ1) is 17.0. The topological polar surface area (TPSA) is 49.3 Å². The third kappa shape index (κ3) is 3.50. The molecule has 0 bridgehead atoms. The zero-order valence-electron chi connectivity index (χ0n) is 14.8. The van der Waals surface area contributed by atoms with Gasteiger partial charge in [-0.25, -0.2) is 0 Å². The van der Waals surface area contributed by atoms with Gasteiger partial charge >= 0.3 is 0 Å².